The third kappa shape index (κ3) is 3.31. The molecule has 0 fully saturated rings. The monoisotopic (exact) mass is 267 g/mol. The summed E-state index contributed by atoms with van der Waals surface area (Å²) in [4.78, 5) is 0.701. The van der Waals surface area contributed by atoms with Gasteiger partial charge in [-0.25, -0.2) is 4.39 Å². The van der Waals surface area contributed by atoms with E-state index in [0.717, 1.165) is 9.77 Å². The second kappa shape index (κ2) is 5.67. The van der Waals surface area contributed by atoms with Gasteiger partial charge in [0.25, 0.3) is 0 Å². The molecule has 1 aromatic heterocycles. The van der Waals surface area contributed by atoms with E-state index >= 15 is 0 Å². The fraction of sp³-hybridized carbons (Fsp3) is 0.231. The van der Waals surface area contributed by atoms with Gasteiger partial charge in [0.1, 0.15) is 5.82 Å². The lowest BCUT2D eigenvalue weighted by Gasteiger charge is -2.11. The van der Waals surface area contributed by atoms with E-state index in [1.165, 1.54) is 17.8 Å². The fourth-order valence-corrected chi connectivity index (χ4v) is 3.45. The molecule has 2 rings (SSSR count). The first-order chi connectivity index (χ1) is 8.16. The van der Waals surface area contributed by atoms with Crippen molar-refractivity contribution < 1.29 is 4.39 Å². The fourth-order valence-electron chi connectivity index (χ4n) is 1.60. The van der Waals surface area contributed by atoms with E-state index in [4.69, 9.17) is 5.73 Å². The summed E-state index contributed by atoms with van der Waals surface area (Å²) in [5.41, 5.74) is 6.77. The molecule has 0 radical (unpaired) electrons. The summed E-state index contributed by atoms with van der Waals surface area (Å²) in [6, 6.07) is 9.20. The van der Waals surface area contributed by atoms with Gasteiger partial charge < -0.3 is 5.73 Å². The smallest absolute Gasteiger partial charge is 0.137 e. The van der Waals surface area contributed by atoms with Crippen LogP contribution < -0.4 is 5.73 Å². The van der Waals surface area contributed by atoms with Crippen LogP contribution in [0, 0.1) is 5.82 Å². The highest BCUT2D eigenvalue weighted by molar-refractivity contribution is 8.01. The maximum Gasteiger partial charge on any atom is 0.137 e. The summed E-state index contributed by atoms with van der Waals surface area (Å²) in [5, 5.41) is 1.99. The molecule has 0 saturated heterocycles. The van der Waals surface area contributed by atoms with Crippen LogP contribution in [0.15, 0.2) is 44.8 Å². The van der Waals surface area contributed by atoms with E-state index in [0.29, 0.717) is 11.3 Å². The van der Waals surface area contributed by atoms with E-state index in [1.54, 1.807) is 17.4 Å². The maximum absolute atomic E-state index is 13.8. The Morgan fingerprint density at radius 1 is 1.35 bits per heavy atom. The molecule has 4 heteroatoms. The van der Waals surface area contributed by atoms with Crippen molar-refractivity contribution in [2.75, 3.05) is 0 Å². The van der Waals surface area contributed by atoms with Gasteiger partial charge in [-0.3, -0.25) is 0 Å². The molecule has 1 aromatic carbocycles. The summed E-state index contributed by atoms with van der Waals surface area (Å²) in [7, 11) is 0. The Balaban J connectivity index is 2.30. The Morgan fingerprint density at radius 2 is 2.18 bits per heavy atom. The lowest BCUT2D eigenvalue weighted by molar-refractivity contribution is 0.593. The number of rotatable bonds is 4. The average Bonchev–Trinajstić information content (AvgIpc) is 2.75. The molecular formula is C13H14FNS2. The molecule has 1 atom stereocenters. The van der Waals surface area contributed by atoms with E-state index in [9.17, 15) is 4.39 Å². The quantitative estimate of drug-likeness (QED) is 0.908. The summed E-state index contributed by atoms with van der Waals surface area (Å²) < 4.78 is 14.9. The molecule has 1 nitrogen and oxygen atoms in total. The van der Waals surface area contributed by atoms with Crippen molar-refractivity contribution in [3.05, 3.63) is 47.1 Å². The molecule has 0 aliphatic rings. The van der Waals surface area contributed by atoms with Crippen molar-refractivity contribution in [1.29, 1.82) is 0 Å². The standard InChI is InChI=1S/C13H14FNS2/c1-9(15)8-10-4-2-5-11(14)13(10)17-12-6-3-7-16-12/h2-7,9H,8,15H2,1H3. The predicted molar refractivity (Wildman–Crippen MR) is 72.2 cm³/mol. The predicted octanol–water partition coefficient (Wildman–Crippen LogP) is 3.93. The number of thiophene rings is 1. The van der Waals surface area contributed by atoms with Crippen molar-refractivity contribution in [1.82, 2.24) is 0 Å². The molecule has 0 aliphatic carbocycles. The Kier molecular flexibility index (Phi) is 4.20. The van der Waals surface area contributed by atoms with E-state index in [-0.39, 0.29) is 11.9 Å². The molecule has 0 amide bonds. The summed E-state index contributed by atoms with van der Waals surface area (Å²) >= 11 is 3.10. The normalized spacial score (nSPS) is 12.6. The molecule has 0 saturated carbocycles. The molecule has 0 spiro atoms. The number of halogens is 1. The van der Waals surface area contributed by atoms with E-state index in [2.05, 4.69) is 0 Å². The molecule has 90 valence electrons. The van der Waals surface area contributed by atoms with Crippen LogP contribution in [0.1, 0.15) is 12.5 Å². The molecule has 0 aliphatic heterocycles. The SMILES string of the molecule is CC(N)Cc1cccc(F)c1Sc1cccs1. The lowest BCUT2D eigenvalue weighted by Crippen LogP contribution is -2.18. The van der Waals surface area contributed by atoms with Gasteiger partial charge in [0.05, 0.1) is 9.10 Å². The molecule has 17 heavy (non-hydrogen) atoms. The molecule has 0 bridgehead atoms. The minimum Gasteiger partial charge on any atom is -0.328 e. The lowest BCUT2D eigenvalue weighted by atomic mass is 10.1. The van der Waals surface area contributed by atoms with Crippen LogP contribution in [-0.2, 0) is 6.42 Å². The largest absolute Gasteiger partial charge is 0.328 e. The van der Waals surface area contributed by atoms with Crippen molar-refractivity contribution in [3.8, 4) is 0 Å². The van der Waals surface area contributed by atoms with Gasteiger partial charge in [0.15, 0.2) is 0 Å². The first-order valence-corrected chi connectivity index (χ1v) is 7.11. The van der Waals surface area contributed by atoms with Gasteiger partial charge >= 0.3 is 0 Å². The Labute approximate surface area is 109 Å². The molecule has 2 N–H and O–H groups in total. The van der Waals surface area contributed by atoms with Crippen LogP contribution in [0.25, 0.3) is 0 Å². The molecule has 1 heterocycles. The van der Waals surface area contributed by atoms with Crippen LogP contribution in [-0.4, -0.2) is 6.04 Å². The van der Waals surface area contributed by atoms with E-state index < -0.39 is 0 Å². The van der Waals surface area contributed by atoms with Crippen LogP contribution in [0.4, 0.5) is 4.39 Å². The zero-order valence-corrected chi connectivity index (χ0v) is 11.2. The highest BCUT2D eigenvalue weighted by Crippen LogP contribution is 2.35. The average molecular weight is 267 g/mol. The van der Waals surface area contributed by atoms with Crippen LogP contribution >= 0.6 is 23.1 Å². The maximum atomic E-state index is 13.8. The second-order valence-electron chi connectivity index (χ2n) is 3.94. The minimum atomic E-state index is -0.165. The van der Waals surface area contributed by atoms with Gasteiger partial charge in [-0.2, -0.15) is 0 Å². The zero-order chi connectivity index (χ0) is 12.3. The third-order valence-corrected chi connectivity index (χ3v) is 4.49. The van der Waals surface area contributed by atoms with Crippen LogP contribution in [0.5, 0.6) is 0 Å². The van der Waals surface area contributed by atoms with Gasteiger partial charge in [0, 0.05) is 6.04 Å². The van der Waals surface area contributed by atoms with Crippen molar-refractivity contribution in [2.45, 2.75) is 28.5 Å². The van der Waals surface area contributed by atoms with Gasteiger partial charge in [-0.15, -0.1) is 11.3 Å². The minimum absolute atomic E-state index is 0.0412. The number of hydrogen-bond donors (Lipinski definition) is 1. The van der Waals surface area contributed by atoms with Gasteiger partial charge in [-0.05, 0) is 36.4 Å². The Bertz CT molecular complexity index is 480. The number of nitrogens with two attached hydrogens (primary N) is 1. The first-order valence-electron chi connectivity index (χ1n) is 5.41. The number of benzene rings is 1. The Morgan fingerprint density at radius 3 is 2.82 bits per heavy atom. The summed E-state index contributed by atoms with van der Waals surface area (Å²) in [6.45, 7) is 1.94. The number of hydrogen-bond acceptors (Lipinski definition) is 3. The van der Waals surface area contributed by atoms with Crippen molar-refractivity contribution in [3.63, 3.8) is 0 Å². The molecular weight excluding hydrogens is 253 g/mol. The van der Waals surface area contributed by atoms with Crippen molar-refractivity contribution in [2.24, 2.45) is 5.73 Å². The van der Waals surface area contributed by atoms with Crippen molar-refractivity contribution >= 4 is 23.1 Å². The highest BCUT2D eigenvalue weighted by atomic mass is 32.2. The molecule has 1 unspecified atom stereocenters. The zero-order valence-electron chi connectivity index (χ0n) is 9.52. The van der Waals surface area contributed by atoms with Crippen LogP contribution in [0.2, 0.25) is 0 Å². The molecule has 2 aromatic rings. The third-order valence-electron chi connectivity index (χ3n) is 2.29. The van der Waals surface area contributed by atoms with Gasteiger partial charge in [-0.1, -0.05) is 30.0 Å². The van der Waals surface area contributed by atoms with Gasteiger partial charge in [0.2, 0.25) is 0 Å². The topological polar surface area (TPSA) is 26.0 Å². The summed E-state index contributed by atoms with van der Waals surface area (Å²) in [6.07, 6.45) is 0.700. The first kappa shape index (κ1) is 12.6. The van der Waals surface area contributed by atoms with E-state index in [1.807, 2.05) is 30.5 Å². The summed E-state index contributed by atoms with van der Waals surface area (Å²) in [5.74, 6) is -0.165. The second-order valence-corrected chi connectivity index (χ2v) is 6.20. The highest BCUT2D eigenvalue weighted by Gasteiger charge is 2.11. The van der Waals surface area contributed by atoms with Crippen LogP contribution in [0.3, 0.4) is 0 Å². The Hall–Kier alpha value is -0.840.